The monoisotopic (exact) mass is 382 g/mol. The fourth-order valence-corrected chi connectivity index (χ4v) is 3.19. The van der Waals surface area contributed by atoms with Crippen LogP contribution in [0.25, 0.3) is 0 Å². The lowest BCUT2D eigenvalue weighted by Gasteiger charge is -2.23. The van der Waals surface area contributed by atoms with Gasteiger partial charge >= 0.3 is 11.9 Å². The molecule has 1 rings (SSSR count). The number of carbonyl (C=O) groups excluding carboxylic acids is 1. The minimum absolute atomic E-state index is 0.184. The van der Waals surface area contributed by atoms with Crippen LogP contribution in [0.2, 0.25) is 0 Å². The van der Waals surface area contributed by atoms with Gasteiger partial charge in [-0.2, -0.15) is 0 Å². The SMILES string of the molecule is CCCCOC(=O)C(CC(C)C(=O)O)CC(CC)c1ccc(CCl)cc1. The molecule has 1 aromatic carbocycles. The molecular formula is C21H31ClO4. The molecule has 0 radical (unpaired) electrons. The van der Waals surface area contributed by atoms with Crippen LogP contribution in [0.5, 0.6) is 0 Å². The maximum Gasteiger partial charge on any atom is 0.308 e. The number of carbonyl (C=O) groups is 2. The standard InChI is InChI=1S/C21H31ClO4/c1-4-6-11-26-21(25)19(12-15(3)20(23)24)13-17(5-2)18-9-7-16(14-22)8-10-18/h7-10,15,17,19H,4-6,11-14H2,1-3H3,(H,23,24). The predicted molar refractivity (Wildman–Crippen MR) is 104 cm³/mol. The lowest BCUT2D eigenvalue weighted by Crippen LogP contribution is -2.25. The van der Waals surface area contributed by atoms with E-state index in [0.717, 1.165) is 30.4 Å². The molecule has 26 heavy (non-hydrogen) atoms. The number of ether oxygens (including phenoxy) is 1. The highest BCUT2D eigenvalue weighted by molar-refractivity contribution is 6.17. The third-order valence-electron chi connectivity index (χ3n) is 4.80. The fraction of sp³-hybridized carbons (Fsp3) is 0.619. The molecule has 0 aromatic heterocycles. The summed E-state index contributed by atoms with van der Waals surface area (Å²) in [4.78, 5) is 23.8. The van der Waals surface area contributed by atoms with E-state index in [1.807, 2.05) is 31.2 Å². The van der Waals surface area contributed by atoms with Crippen LogP contribution in [0.15, 0.2) is 24.3 Å². The smallest absolute Gasteiger partial charge is 0.308 e. The van der Waals surface area contributed by atoms with E-state index in [1.165, 1.54) is 0 Å². The van der Waals surface area contributed by atoms with Crippen LogP contribution in [0, 0.1) is 11.8 Å². The van der Waals surface area contributed by atoms with Crippen molar-refractivity contribution in [1.82, 2.24) is 0 Å². The van der Waals surface area contributed by atoms with Crippen LogP contribution < -0.4 is 0 Å². The van der Waals surface area contributed by atoms with Gasteiger partial charge in [0, 0.05) is 5.88 Å². The molecular weight excluding hydrogens is 352 g/mol. The molecule has 0 saturated heterocycles. The summed E-state index contributed by atoms with van der Waals surface area (Å²) >= 11 is 5.85. The van der Waals surface area contributed by atoms with Gasteiger partial charge in [-0.3, -0.25) is 9.59 Å². The summed E-state index contributed by atoms with van der Waals surface area (Å²) in [7, 11) is 0. The van der Waals surface area contributed by atoms with Gasteiger partial charge in [-0.25, -0.2) is 0 Å². The molecule has 3 atom stereocenters. The molecule has 0 bridgehead atoms. The van der Waals surface area contributed by atoms with Crippen LogP contribution in [0.4, 0.5) is 0 Å². The zero-order valence-corrected chi connectivity index (χ0v) is 16.8. The number of rotatable bonds is 12. The Morgan fingerprint density at radius 1 is 1.15 bits per heavy atom. The number of carboxylic acid groups (broad SMARTS) is 1. The average Bonchev–Trinajstić information content (AvgIpc) is 2.65. The van der Waals surface area contributed by atoms with E-state index in [-0.39, 0.29) is 11.9 Å². The number of esters is 1. The Hall–Kier alpha value is -1.55. The molecule has 146 valence electrons. The number of benzene rings is 1. The second-order valence-corrected chi connectivity index (χ2v) is 7.18. The summed E-state index contributed by atoms with van der Waals surface area (Å²) in [5.41, 5.74) is 2.20. The van der Waals surface area contributed by atoms with Crippen molar-refractivity contribution in [1.29, 1.82) is 0 Å². The Balaban J connectivity index is 2.88. The van der Waals surface area contributed by atoms with Crippen molar-refractivity contribution >= 4 is 23.5 Å². The maximum atomic E-state index is 12.5. The third-order valence-corrected chi connectivity index (χ3v) is 5.11. The minimum atomic E-state index is -0.879. The van der Waals surface area contributed by atoms with Gasteiger partial charge in [0.1, 0.15) is 0 Å². The summed E-state index contributed by atoms with van der Waals surface area (Å²) in [6.45, 7) is 6.16. The van der Waals surface area contributed by atoms with E-state index in [2.05, 4.69) is 6.92 Å². The lowest BCUT2D eigenvalue weighted by molar-refractivity contribution is -0.151. The molecule has 0 spiro atoms. The highest BCUT2D eigenvalue weighted by Gasteiger charge is 2.28. The van der Waals surface area contributed by atoms with E-state index in [4.69, 9.17) is 16.3 Å². The Bertz CT molecular complexity index is 556. The summed E-state index contributed by atoms with van der Waals surface area (Å²) in [5.74, 6) is -1.48. The topological polar surface area (TPSA) is 63.6 Å². The van der Waals surface area contributed by atoms with E-state index < -0.39 is 17.8 Å². The van der Waals surface area contributed by atoms with Gasteiger partial charge in [-0.05, 0) is 42.7 Å². The number of carboxylic acids is 1. The molecule has 0 aliphatic carbocycles. The van der Waals surface area contributed by atoms with E-state index in [1.54, 1.807) is 6.92 Å². The van der Waals surface area contributed by atoms with Crippen LogP contribution >= 0.6 is 11.6 Å². The van der Waals surface area contributed by atoms with E-state index >= 15 is 0 Å². The third kappa shape index (κ3) is 7.36. The molecule has 1 N–H and O–H groups in total. The summed E-state index contributed by atoms with van der Waals surface area (Å²) < 4.78 is 5.39. The predicted octanol–water partition coefficient (Wildman–Crippen LogP) is 5.38. The zero-order valence-electron chi connectivity index (χ0n) is 16.0. The zero-order chi connectivity index (χ0) is 19.5. The summed E-state index contributed by atoms with van der Waals surface area (Å²) in [6, 6.07) is 8.09. The Kier molecular flexibility index (Phi) is 10.3. The molecule has 0 amide bonds. The van der Waals surface area contributed by atoms with E-state index in [0.29, 0.717) is 25.3 Å². The molecule has 0 saturated carbocycles. The van der Waals surface area contributed by atoms with Crippen LogP contribution in [0.1, 0.15) is 69.9 Å². The van der Waals surface area contributed by atoms with Gasteiger partial charge in [-0.15, -0.1) is 11.6 Å². The molecule has 1 aromatic rings. The number of hydrogen-bond acceptors (Lipinski definition) is 3. The number of alkyl halides is 1. The van der Waals surface area contributed by atoms with Crippen molar-refractivity contribution in [3.63, 3.8) is 0 Å². The minimum Gasteiger partial charge on any atom is -0.481 e. The summed E-state index contributed by atoms with van der Waals surface area (Å²) in [6.07, 6.45) is 3.55. The molecule has 0 fully saturated rings. The van der Waals surface area contributed by atoms with Crippen molar-refractivity contribution in [2.24, 2.45) is 11.8 Å². The second-order valence-electron chi connectivity index (χ2n) is 6.91. The van der Waals surface area contributed by atoms with Gasteiger partial charge in [0.25, 0.3) is 0 Å². The molecule has 0 aliphatic rings. The second kappa shape index (κ2) is 11.9. The highest BCUT2D eigenvalue weighted by atomic mass is 35.5. The number of hydrogen-bond donors (Lipinski definition) is 1. The van der Waals surface area contributed by atoms with Gasteiger partial charge < -0.3 is 9.84 Å². The number of halogens is 1. The van der Waals surface area contributed by atoms with Crippen LogP contribution in [-0.2, 0) is 20.2 Å². The van der Waals surface area contributed by atoms with E-state index in [9.17, 15) is 14.7 Å². The van der Waals surface area contributed by atoms with Gasteiger partial charge in [0.05, 0.1) is 18.4 Å². The Morgan fingerprint density at radius 2 is 1.81 bits per heavy atom. The molecule has 4 nitrogen and oxygen atoms in total. The lowest BCUT2D eigenvalue weighted by atomic mass is 9.83. The average molecular weight is 383 g/mol. The fourth-order valence-electron chi connectivity index (χ4n) is 3.01. The van der Waals surface area contributed by atoms with Crippen molar-refractivity contribution < 1.29 is 19.4 Å². The van der Waals surface area contributed by atoms with Gasteiger partial charge in [0.2, 0.25) is 0 Å². The van der Waals surface area contributed by atoms with Crippen molar-refractivity contribution in [3.8, 4) is 0 Å². The number of unbranched alkanes of at least 4 members (excludes halogenated alkanes) is 1. The Morgan fingerprint density at radius 3 is 2.31 bits per heavy atom. The maximum absolute atomic E-state index is 12.5. The first-order valence-electron chi connectivity index (χ1n) is 9.47. The highest BCUT2D eigenvalue weighted by Crippen LogP contribution is 2.31. The van der Waals surface area contributed by atoms with Crippen LogP contribution in [-0.4, -0.2) is 23.7 Å². The molecule has 0 aliphatic heterocycles. The van der Waals surface area contributed by atoms with Crippen molar-refractivity contribution in [3.05, 3.63) is 35.4 Å². The molecule has 3 unspecified atom stereocenters. The van der Waals surface area contributed by atoms with Crippen LogP contribution in [0.3, 0.4) is 0 Å². The first-order chi connectivity index (χ1) is 12.4. The molecule has 0 heterocycles. The van der Waals surface area contributed by atoms with Crippen molar-refractivity contribution in [2.75, 3.05) is 6.61 Å². The number of aliphatic carboxylic acids is 1. The Labute approximate surface area is 161 Å². The molecule has 5 heteroatoms. The van der Waals surface area contributed by atoms with Gasteiger partial charge in [-0.1, -0.05) is 51.5 Å². The normalized spacial score (nSPS) is 14.5. The first kappa shape index (κ1) is 22.5. The first-order valence-corrected chi connectivity index (χ1v) is 10.0. The quantitative estimate of drug-likeness (QED) is 0.299. The summed E-state index contributed by atoms with van der Waals surface area (Å²) in [5, 5.41) is 9.23. The van der Waals surface area contributed by atoms with Crippen molar-refractivity contribution in [2.45, 2.75) is 64.7 Å². The van der Waals surface area contributed by atoms with Gasteiger partial charge in [0.15, 0.2) is 0 Å². The largest absolute Gasteiger partial charge is 0.481 e.